The van der Waals surface area contributed by atoms with Crippen LogP contribution in [0, 0.1) is 6.92 Å². The number of hydrogen-bond donors (Lipinski definition) is 1. The molecular formula is C26H24N2O3. The van der Waals surface area contributed by atoms with Crippen LogP contribution in [0.4, 0.5) is 5.69 Å². The van der Waals surface area contributed by atoms with Gasteiger partial charge in [0.05, 0.1) is 13.2 Å². The Morgan fingerprint density at radius 3 is 2.42 bits per heavy atom. The third kappa shape index (κ3) is 4.51. The molecule has 0 unspecified atom stereocenters. The molecule has 1 N–H and O–H groups in total. The van der Waals surface area contributed by atoms with Crippen LogP contribution in [0.2, 0.25) is 0 Å². The maximum absolute atomic E-state index is 13.4. The topological polar surface area (TPSA) is 62.4 Å². The summed E-state index contributed by atoms with van der Waals surface area (Å²) < 4.78 is 5.52. The third-order valence-electron chi connectivity index (χ3n) is 5.13. The summed E-state index contributed by atoms with van der Waals surface area (Å²) in [5, 5.41) is 0.938. The number of amides is 1. The van der Waals surface area contributed by atoms with Crippen LogP contribution >= 0.6 is 0 Å². The van der Waals surface area contributed by atoms with Gasteiger partial charge in [-0.05, 0) is 73.8 Å². The van der Waals surface area contributed by atoms with Crippen LogP contribution in [0.3, 0.4) is 0 Å². The second kappa shape index (κ2) is 8.88. The molecule has 0 atom stereocenters. The first kappa shape index (κ1) is 20.4. The maximum Gasteiger partial charge on any atom is 0.258 e. The van der Waals surface area contributed by atoms with Crippen molar-refractivity contribution >= 4 is 22.5 Å². The van der Waals surface area contributed by atoms with Crippen molar-refractivity contribution in [3.05, 3.63) is 106 Å². The van der Waals surface area contributed by atoms with E-state index in [4.69, 9.17) is 4.74 Å². The molecule has 0 aliphatic heterocycles. The lowest BCUT2D eigenvalue weighted by Gasteiger charge is -2.23. The first-order valence-corrected chi connectivity index (χ1v) is 10.3. The molecule has 31 heavy (non-hydrogen) atoms. The highest BCUT2D eigenvalue weighted by Gasteiger charge is 2.20. The zero-order valence-electron chi connectivity index (χ0n) is 17.6. The Balaban J connectivity index is 1.75. The fraction of sp³-hybridized carbons (Fsp3) is 0.154. The second-order valence-corrected chi connectivity index (χ2v) is 7.40. The summed E-state index contributed by atoms with van der Waals surface area (Å²) in [4.78, 5) is 30.7. The third-order valence-corrected chi connectivity index (χ3v) is 5.13. The van der Waals surface area contributed by atoms with Gasteiger partial charge in [-0.25, -0.2) is 0 Å². The molecule has 5 heteroatoms. The van der Waals surface area contributed by atoms with Crippen LogP contribution < -0.4 is 15.2 Å². The van der Waals surface area contributed by atoms with E-state index in [1.807, 2.05) is 80.6 Å². The Morgan fingerprint density at radius 2 is 1.71 bits per heavy atom. The Bertz CT molecular complexity index is 1260. The minimum Gasteiger partial charge on any atom is -0.494 e. The van der Waals surface area contributed by atoms with Crippen molar-refractivity contribution in [1.29, 1.82) is 0 Å². The van der Waals surface area contributed by atoms with E-state index in [1.54, 1.807) is 17.0 Å². The highest BCUT2D eigenvalue weighted by atomic mass is 16.5. The van der Waals surface area contributed by atoms with E-state index in [0.29, 0.717) is 23.4 Å². The van der Waals surface area contributed by atoms with Crippen LogP contribution in [-0.2, 0) is 6.54 Å². The SMILES string of the molecule is CCOc1ccc(N(Cc2cc3cc(C)ccc3[nH]c2=O)C(=O)c2ccccc2)cc1. The monoisotopic (exact) mass is 412 g/mol. The number of pyridine rings is 1. The van der Waals surface area contributed by atoms with E-state index >= 15 is 0 Å². The summed E-state index contributed by atoms with van der Waals surface area (Å²) in [6, 6.07) is 24.2. The van der Waals surface area contributed by atoms with Gasteiger partial charge in [0.15, 0.2) is 0 Å². The molecule has 0 radical (unpaired) electrons. The summed E-state index contributed by atoms with van der Waals surface area (Å²) >= 11 is 0. The van der Waals surface area contributed by atoms with E-state index < -0.39 is 0 Å². The number of benzene rings is 3. The number of ether oxygens (including phenoxy) is 1. The zero-order valence-corrected chi connectivity index (χ0v) is 17.6. The van der Waals surface area contributed by atoms with Gasteiger partial charge in [-0.15, -0.1) is 0 Å². The minimum absolute atomic E-state index is 0.154. The number of nitrogens with one attached hydrogen (secondary N) is 1. The van der Waals surface area contributed by atoms with Crippen LogP contribution in [-0.4, -0.2) is 17.5 Å². The maximum atomic E-state index is 13.4. The smallest absolute Gasteiger partial charge is 0.258 e. The molecule has 3 aromatic carbocycles. The van der Waals surface area contributed by atoms with E-state index in [1.165, 1.54) is 0 Å². The van der Waals surface area contributed by atoms with Crippen molar-refractivity contribution < 1.29 is 9.53 Å². The standard InChI is InChI=1S/C26H24N2O3/c1-3-31-23-12-10-22(11-13-23)28(26(30)19-7-5-4-6-8-19)17-21-16-20-15-18(2)9-14-24(20)27-25(21)29/h4-16H,3,17H2,1-2H3,(H,27,29). The molecule has 0 aliphatic carbocycles. The summed E-state index contributed by atoms with van der Waals surface area (Å²) in [6.45, 7) is 4.65. The number of rotatable bonds is 6. The van der Waals surface area contributed by atoms with Gasteiger partial charge in [0, 0.05) is 22.3 Å². The van der Waals surface area contributed by atoms with E-state index in [2.05, 4.69) is 4.98 Å². The number of aromatic amines is 1. The molecule has 0 spiro atoms. The molecule has 5 nitrogen and oxygen atoms in total. The highest BCUT2D eigenvalue weighted by Crippen LogP contribution is 2.24. The van der Waals surface area contributed by atoms with Crippen molar-refractivity contribution in [2.24, 2.45) is 0 Å². The van der Waals surface area contributed by atoms with Crippen molar-refractivity contribution in [2.75, 3.05) is 11.5 Å². The van der Waals surface area contributed by atoms with Crippen LogP contribution in [0.1, 0.15) is 28.4 Å². The van der Waals surface area contributed by atoms with Crippen LogP contribution in [0.15, 0.2) is 83.7 Å². The van der Waals surface area contributed by atoms with Gasteiger partial charge in [0.1, 0.15) is 5.75 Å². The number of aromatic nitrogens is 1. The van der Waals surface area contributed by atoms with Gasteiger partial charge in [-0.2, -0.15) is 0 Å². The van der Waals surface area contributed by atoms with Gasteiger partial charge in [0.25, 0.3) is 11.5 Å². The summed E-state index contributed by atoms with van der Waals surface area (Å²) in [7, 11) is 0. The molecule has 1 heterocycles. The number of hydrogen-bond acceptors (Lipinski definition) is 3. The van der Waals surface area contributed by atoms with Gasteiger partial charge >= 0.3 is 0 Å². The van der Waals surface area contributed by atoms with E-state index in [-0.39, 0.29) is 18.0 Å². The second-order valence-electron chi connectivity index (χ2n) is 7.40. The number of fused-ring (bicyclic) bond motifs is 1. The number of H-pyrrole nitrogens is 1. The van der Waals surface area contributed by atoms with Gasteiger partial charge in [-0.1, -0.05) is 29.8 Å². The number of carbonyl (C=O) groups excluding carboxylic acids is 1. The van der Waals surface area contributed by atoms with Crippen molar-refractivity contribution in [3.63, 3.8) is 0 Å². The molecular weight excluding hydrogens is 388 g/mol. The van der Waals surface area contributed by atoms with Gasteiger partial charge in [0.2, 0.25) is 0 Å². The molecule has 4 rings (SSSR count). The molecule has 0 saturated carbocycles. The lowest BCUT2D eigenvalue weighted by molar-refractivity contribution is 0.0985. The number of anilines is 1. The molecule has 0 aliphatic rings. The molecule has 156 valence electrons. The average Bonchev–Trinajstić information content (AvgIpc) is 2.79. The Kier molecular flexibility index (Phi) is 5.85. The van der Waals surface area contributed by atoms with Crippen molar-refractivity contribution in [3.8, 4) is 5.75 Å². The average molecular weight is 412 g/mol. The van der Waals surface area contributed by atoms with Gasteiger partial charge < -0.3 is 14.6 Å². The fourth-order valence-electron chi connectivity index (χ4n) is 3.56. The van der Waals surface area contributed by atoms with Crippen LogP contribution in [0.25, 0.3) is 10.9 Å². The highest BCUT2D eigenvalue weighted by molar-refractivity contribution is 6.06. The largest absolute Gasteiger partial charge is 0.494 e. The normalized spacial score (nSPS) is 10.8. The predicted octanol–water partition coefficient (Wildman–Crippen LogP) is 5.08. The van der Waals surface area contributed by atoms with E-state index in [0.717, 1.165) is 22.2 Å². The predicted molar refractivity (Wildman–Crippen MR) is 124 cm³/mol. The summed E-state index contributed by atoms with van der Waals surface area (Å²) in [5.41, 5.74) is 3.46. The summed E-state index contributed by atoms with van der Waals surface area (Å²) in [6.07, 6.45) is 0. The Morgan fingerprint density at radius 1 is 0.968 bits per heavy atom. The molecule has 0 fully saturated rings. The van der Waals surface area contributed by atoms with E-state index in [9.17, 15) is 9.59 Å². The quantitative estimate of drug-likeness (QED) is 0.480. The molecule has 0 bridgehead atoms. The van der Waals surface area contributed by atoms with Crippen molar-refractivity contribution in [1.82, 2.24) is 4.98 Å². The zero-order chi connectivity index (χ0) is 21.8. The molecule has 1 amide bonds. The lowest BCUT2D eigenvalue weighted by atomic mass is 10.1. The Hall–Kier alpha value is -3.86. The Labute approximate surface area is 180 Å². The van der Waals surface area contributed by atoms with Crippen molar-refractivity contribution in [2.45, 2.75) is 20.4 Å². The van der Waals surface area contributed by atoms with Crippen LogP contribution in [0.5, 0.6) is 5.75 Å². The van der Waals surface area contributed by atoms with Gasteiger partial charge in [-0.3, -0.25) is 9.59 Å². The summed E-state index contributed by atoms with van der Waals surface area (Å²) in [5.74, 6) is 0.561. The molecule has 1 aromatic heterocycles. The molecule has 0 saturated heterocycles. The number of aryl methyl sites for hydroxylation is 1. The number of nitrogens with zero attached hydrogens (tertiary/aromatic N) is 1. The number of carbonyl (C=O) groups is 1. The minimum atomic E-state index is -0.201. The molecule has 4 aromatic rings. The fourth-order valence-corrected chi connectivity index (χ4v) is 3.56. The first-order chi connectivity index (χ1) is 15.0. The lowest BCUT2D eigenvalue weighted by Crippen LogP contribution is -2.32. The first-order valence-electron chi connectivity index (χ1n) is 10.3.